The Bertz CT molecular complexity index is 800. The summed E-state index contributed by atoms with van der Waals surface area (Å²) in [6, 6.07) is 13.7. The molecule has 0 fully saturated rings. The molecule has 0 aromatic heterocycles. The molecule has 5 nitrogen and oxygen atoms in total. The van der Waals surface area contributed by atoms with Crippen LogP contribution in [0.3, 0.4) is 0 Å². The van der Waals surface area contributed by atoms with Crippen LogP contribution in [-0.4, -0.2) is 31.0 Å². The average Bonchev–Trinajstić information content (AvgIpc) is 2.75. The molecular formula is C22H26F2N2O3. The standard InChI is InChI=1S/C22H26F2N2O3/c1-4-15(2)18(20(27)29-3)26-21(28)22(23,24)19(16-11-7-5-8-12-16)25-17-13-9-6-10-14-17/h5-15,18-19,25H,4H2,1-3H3,(H,26,28)/t15-,18-,19?/m0/s1. The highest BCUT2D eigenvalue weighted by Crippen LogP contribution is 2.35. The van der Waals surface area contributed by atoms with E-state index in [4.69, 9.17) is 0 Å². The van der Waals surface area contributed by atoms with E-state index in [0.29, 0.717) is 12.1 Å². The Morgan fingerprint density at radius 2 is 1.59 bits per heavy atom. The van der Waals surface area contributed by atoms with E-state index in [1.807, 2.05) is 0 Å². The molecule has 0 aliphatic heterocycles. The molecule has 1 unspecified atom stereocenters. The molecule has 3 atom stereocenters. The molecule has 2 aromatic carbocycles. The molecule has 0 bridgehead atoms. The number of hydrogen-bond donors (Lipinski definition) is 2. The number of anilines is 1. The molecule has 156 valence electrons. The molecule has 0 saturated heterocycles. The number of nitrogens with one attached hydrogen (secondary N) is 2. The maximum atomic E-state index is 15.3. The van der Waals surface area contributed by atoms with Crippen molar-refractivity contribution in [2.45, 2.75) is 38.3 Å². The lowest BCUT2D eigenvalue weighted by Crippen LogP contribution is -2.54. The lowest BCUT2D eigenvalue weighted by atomic mass is 9.96. The van der Waals surface area contributed by atoms with Gasteiger partial charge in [-0.2, -0.15) is 8.78 Å². The van der Waals surface area contributed by atoms with Crippen molar-refractivity contribution in [3.63, 3.8) is 0 Å². The molecule has 0 radical (unpaired) electrons. The number of para-hydroxylation sites is 1. The number of benzene rings is 2. The van der Waals surface area contributed by atoms with Crippen molar-refractivity contribution in [3.8, 4) is 0 Å². The number of rotatable bonds is 9. The number of methoxy groups -OCH3 is 1. The van der Waals surface area contributed by atoms with Crippen molar-refractivity contribution < 1.29 is 23.1 Å². The van der Waals surface area contributed by atoms with Gasteiger partial charge in [-0.05, 0) is 23.6 Å². The van der Waals surface area contributed by atoms with Gasteiger partial charge in [0.05, 0.1) is 7.11 Å². The first-order valence-corrected chi connectivity index (χ1v) is 9.44. The van der Waals surface area contributed by atoms with E-state index in [1.54, 1.807) is 62.4 Å². The Hall–Kier alpha value is -2.96. The number of amides is 1. The maximum Gasteiger partial charge on any atom is 0.348 e. The summed E-state index contributed by atoms with van der Waals surface area (Å²) < 4.78 is 35.3. The molecule has 0 heterocycles. The van der Waals surface area contributed by atoms with Crippen LogP contribution in [0.2, 0.25) is 0 Å². The molecule has 2 rings (SSSR count). The van der Waals surface area contributed by atoms with Crippen molar-refractivity contribution in [2.75, 3.05) is 12.4 Å². The number of hydrogen-bond acceptors (Lipinski definition) is 4. The first kappa shape index (κ1) is 22.3. The molecule has 0 aliphatic rings. The fourth-order valence-electron chi connectivity index (χ4n) is 2.89. The Balaban J connectivity index is 2.34. The summed E-state index contributed by atoms with van der Waals surface area (Å²) in [7, 11) is 1.16. The summed E-state index contributed by atoms with van der Waals surface area (Å²) >= 11 is 0. The third kappa shape index (κ3) is 5.53. The van der Waals surface area contributed by atoms with E-state index in [9.17, 15) is 9.59 Å². The van der Waals surface area contributed by atoms with Gasteiger partial charge in [-0.3, -0.25) is 4.79 Å². The predicted octanol–water partition coefficient (Wildman–Crippen LogP) is 4.18. The van der Waals surface area contributed by atoms with Gasteiger partial charge in [0.15, 0.2) is 0 Å². The Kier molecular flexibility index (Phi) is 7.70. The zero-order valence-electron chi connectivity index (χ0n) is 16.7. The second-order valence-electron chi connectivity index (χ2n) is 6.84. The maximum absolute atomic E-state index is 15.3. The SMILES string of the molecule is CC[C@H](C)[C@H](NC(=O)C(F)(F)C(Nc1ccccc1)c1ccccc1)C(=O)OC. The zero-order valence-corrected chi connectivity index (χ0v) is 16.7. The first-order valence-electron chi connectivity index (χ1n) is 9.44. The summed E-state index contributed by atoms with van der Waals surface area (Å²) in [5.74, 6) is -6.49. The highest BCUT2D eigenvalue weighted by molar-refractivity contribution is 5.89. The summed E-state index contributed by atoms with van der Waals surface area (Å²) in [6.07, 6.45) is 0.510. The van der Waals surface area contributed by atoms with Gasteiger partial charge in [0.25, 0.3) is 5.91 Å². The van der Waals surface area contributed by atoms with Crippen molar-refractivity contribution >= 4 is 17.6 Å². The summed E-state index contributed by atoms with van der Waals surface area (Å²) in [5.41, 5.74) is 0.690. The smallest absolute Gasteiger partial charge is 0.348 e. The normalized spacial score (nSPS) is 14.4. The zero-order chi connectivity index (χ0) is 21.4. The highest BCUT2D eigenvalue weighted by Gasteiger charge is 2.49. The van der Waals surface area contributed by atoms with E-state index in [2.05, 4.69) is 15.4 Å². The topological polar surface area (TPSA) is 67.4 Å². The Morgan fingerprint density at radius 3 is 2.10 bits per heavy atom. The summed E-state index contributed by atoms with van der Waals surface area (Å²) in [6.45, 7) is 3.49. The van der Waals surface area contributed by atoms with Crippen molar-refractivity contribution in [3.05, 3.63) is 66.2 Å². The molecule has 29 heavy (non-hydrogen) atoms. The lowest BCUT2D eigenvalue weighted by Gasteiger charge is -2.30. The Morgan fingerprint density at radius 1 is 1.03 bits per heavy atom. The number of ether oxygens (including phenoxy) is 1. The van der Waals surface area contributed by atoms with Gasteiger partial charge >= 0.3 is 11.9 Å². The number of alkyl halides is 2. The average molecular weight is 404 g/mol. The van der Waals surface area contributed by atoms with Crippen LogP contribution in [0, 0.1) is 5.92 Å². The van der Waals surface area contributed by atoms with Crippen LogP contribution in [0.4, 0.5) is 14.5 Å². The van der Waals surface area contributed by atoms with Crippen LogP contribution in [0.5, 0.6) is 0 Å². The molecule has 1 amide bonds. The number of carbonyl (C=O) groups is 2. The van der Waals surface area contributed by atoms with Gasteiger partial charge in [-0.15, -0.1) is 0 Å². The summed E-state index contributed by atoms with van der Waals surface area (Å²) in [5, 5.41) is 4.94. The van der Waals surface area contributed by atoms with Gasteiger partial charge in [0, 0.05) is 5.69 Å². The second-order valence-corrected chi connectivity index (χ2v) is 6.84. The molecule has 2 aromatic rings. The quantitative estimate of drug-likeness (QED) is 0.616. The fraction of sp³-hybridized carbons (Fsp3) is 0.364. The second kappa shape index (κ2) is 10.0. The van der Waals surface area contributed by atoms with Gasteiger partial charge in [0.2, 0.25) is 0 Å². The number of halogens is 2. The molecule has 0 aliphatic carbocycles. The molecular weight excluding hydrogens is 378 g/mol. The number of esters is 1. The third-order valence-electron chi connectivity index (χ3n) is 4.84. The van der Waals surface area contributed by atoms with Gasteiger partial charge in [-0.25, -0.2) is 4.79 Å². The van der Waals surface area contributed by atoms with Crippen LogP contribution in [0.15, 0.2) is 60.7 Å². The van der Waals surface area contributed by atoms with E-state index in [-0.39, 0.29) is 11.5 Å². The van der Waals surface area contributed by atoms with Crippen molar-refractivity contribution in [1.29, 1.82) is 0 Å². The van der Waals surface area contributed by atoms with Gasteiger partial charge in [-0.1, -0.05) is 68.8 Å². The lowest BCUT2D eigenvalue weighted by molar-refractivity contribution is -0.155. The monoisotopic (exact) mass is 404 g/mol. The highest BCUT2D eigenvalue weighted by atomic mass is 19.3. The minimum absolute atomic E-state index is 0.245. The largest absolute Gasteiger partial charge is 0.467 e. The van der Waals surface area contributed by atoms with E-state index in [1.165, 1.54) is 12.1 Å². The summed E-state index contributed by atoms with van der Waals surface area (Å²) in [4.78, 5) is 24.6. The van der Waals surface area contributed by atoms with E-state index >= 15 is 8.78 Å². The Labute approximate surface area is 169 Å². The van der Waals surface area contributed by atoms with Crippen molar-refractivity contribution in [1.82, 2.24) is 5.32 Å². The first-order chi connectivity index (χ1) is 13.8. The minimum atomic E-state index is -3.84. The van der Waals surface area contributed by atoms with Crippen molar-refractivity contribution in [2.24, 2.45) is 5.92 Å². The molecule has 7 heteroatoms. The molecule has 0 saturated carbocycles. The van der Waals surface area contributed by atoms with E-state index < -0.39 is 29.9 Å². The fourth-order valence-corrected chi connectivity index (χ4v) is 2.89. The van der Waals surface area contributed by atoms with Crippen LogP contribution < -0.4 is 10.6 Å². The van der Waals surface area contributed by atoms with Gasteiger partial charge < -0.3 is 15.4 Å². The predicted molar refractivity (Wildman–Crippen MR) is 108 cm³/mol. The van der Waals surface area contributed by atoms with Crippen LogP contribution >= 0.6 is 0 Å². The van der Waals surface area contributed by atoms with Gasteiger partial charge in [0.1, 0.15) is 12.1 Å². The van der Waals surface area contributed by atoms with Crippen LogP contribution in [0.25, 0.3) is 0 Å². The molecule has 0 spiro atoms. The van der Waals surface area contributed by atoms with Crippen LogP contribution in [-0.2, 0) is 14.3 Å². The third-order valence-corrected chi connectivity index (χ3v) is 4.84. The number of carbonyl (C=O) groups excluding carboxylic acids is 2. The molecule has 2 N–H and O–H groups in total. The van der Waals surface area contributed by atoms with Crippen LogP contribution in [0.1, 0.15) is 31.9 Å². The minimum Gasteiger partial charge on any atom is -0.467 e. The van der Waals surface area contributed by atoms with E-state index in [0.717, 1.165) is 7.11 Å².